The van der Waals surface area contributed by atoms with E-state index in [9.17, 15) is 59.4 Å². The summed E-state index contributed by atoms with van der Waals surface area (Å²) in [7, 11) is 0. The number of ketones is 1. The van der Waals surface area contributed by atoms with Crippen LogP contribution in [0.5, 0.6) is 0 Å². The third kappa shape index (κ3) is 10.3. The Kier molecular flexibility index (Phi) is 16.3. The molecule has 0 aromatic heterocycles. The summed E-state index contributed by atoms with van der Waals surface area (Å²) >= 11 is 0. The predicted octanol–water partition coefficient (Wildman–Crippen LogP) is 1.10. The Balaban J connectivity index is 1.26. The van der Waals surface area contributed by atoms with Gasteiger partial charge < -0.3 is 73.9 Å². The van der Waals surface area contributed by atoms with Gasteiger partial charge in [-0.15, -0.1) is 0 Å². The lowest BCUT2D eigenvalue weighted by atomic mass is 9.44. The summed E-state index contributed by atoms with van der Waals surface area (Å²) in [6.07, 6.45) is -20.6. The number of carbonyl (C=O) groups excluding carboxylic acids is 7. The van der Waals surface area contributed by atoms with Crippen LogP contribution in [-0.4, -0.2) is 171 Å². The van der Waals surface area contributed by atoms with Gasteiger partial charge in [0.25, 0.3) is 5.91 Å². The van der Waals surface area contributed by atoms with Crippen LogP contribution in [0.1, 0.15) is 86.7 Å². The fourth-order valence-corrected chi connectivity index (χ4v) is 11.9. The first-order valence-corrected chi connectivity index (χ1v) is 25.0. The van der Waals surface area contributed by atoms with Crippen LogP contribution in [0.3, 0.4) is 0 Å². The zero-order chi connectivity index (χ0) is 55.9. The molecule has 0 radical (unpaired) electrons. The molecule has 7 N–H and O–H groups in total. The topological polar surface area (TPSA) is 327 Å². The van der Waals surface area contributed by atoms with E-state index in [2.05, 4.69) is 5.32 Å². The molecule has 1 amide bonds. The molecule has 4 fully saturated rings. The van der Waals surface area contributed by atoms with Crippen molar-refractivity contribution in [1.29, 1.82) is 0 Å². The van der Waals surface area contributed by atoms with Gasteiger partial charge in [0.05, 0.1) is 36.2 Å². The van der Waals surface area contributed by atoms with Gasteiger partial charge in [0.15, 0.2) is 29.9 Å². The second-order valence-corrected chi connectivity index (χ2v) is 20.8. The van der Waals surface area contributed by atoms with Crippen molar-refractivity contribution in [2.24, 2.45) is 16.7 Å². The van der Waals surface area contributed by atoms with Crippen LogP contribution in [0.25, 0.3) is 0 Å². The molecule has 0 unspecified atom stereocenters. The SMILES string of the molecule is CC(=O)O[C@H]1C(=O)[C@]2(C)[C@@H](OC(=O)CO[C@H]3O[C@H](CO)[C@@H](O)[C@H](O)[C@H]3O)C[C@H]3OC[C@@]3(OC(C)=O)[C@H]2[C@H](OC(=O)c2ccccc2)[C@]2(O)C[C@H](OC(=O)[C@H](O)[C@@H](NC(=O)c3ccccc3)c3ccccc3)C(C)=C1C2(C)C. The molecule has 3 aliphatic carbocycles. The Morgan fingerprint density at radius 3 is 1.97 bits per heavy atom. The number of amides is 1. The zero-order valence-electron chi connectivity index (χ0n) is 43.0. The van der Waals surface area contributed by atoms with Gasteiger partial charge in [-0.05, 0) is 54.8 Å². The van der Waals surface area contributed by atoms with Gasteiger partial charge in [-0.1, -0.05) is 80.6 Å². The van der Waals surface area contributed by atoms with E-state index in [1.54, 1.807) is 66.7 Å². The number of benzene rings is 3. The Labute approximate surface area is 442 Å². The maximum Gasteiger partial charge on any atom is 0.338 e. The van der Waals surface area contributed by atoms with Crippen LogP contribution in [0.2, 0.25) is 0 Å². The van der Waals surface area contributed by atoms with E-state index in [0.29, 0.717) is 5.56 Å². The van der Waals surface area contributed by atoms with Gasteiger partial charge >= 0.3 is 29.8 Å². The van der Waals surface area contributed by atoms with Gasteiger partial charge in [-0.25, -0.2) is 14.4 Å². The van der Waals surface area contributed by atoms with E-state index in [1.165, 1.54) is 52.0 Å². The van der Waals surface area contributed by atoms with Crippen molar-refractivity contribution >= 4 is 41.5 Å². The van der Waals surface area contributed by atoms with E-state index >= 15 is 4.79 Å². The van der Waals surface area contributed by atoms with Crippen LogP contribution in [0.15, 0.2) is 102 Å². The Bertz CT molecular complexity index is 2750. The van der Waals surface area contributed by atoms with Crippen LogP contribution >= 0.6 is 0 Å². The van der Waals surface area contributed by atoms with Gasteiger partial charge in [-0.2, -0.15) is 0 Å². The molecule has 2 aliphatic heterocycles. The minimum Gasteiger partial charge on any atom is -0.459 e. The fourth-order valence-electron chi connectivity index (χ4n) is 11.9. The number of fused-ring (bicyclic) bond motifs is 5. The number of hydrogen-bond acceptors (Lipinski definition) is 21. The molecule has 414 valence electrons. The van der Waals surface area contributed by atoms with E-state index < -0.39 is 176 Å². The van der Waals surface area contributed by atoms with E-state index in [1.807, 2.05) is 0 Å². The molecule has 22 nitrogen and oxygen atoms in total. The lowest BCUT2D eigenvalue weighted by Gasteiger charge is -2.67. The number of hydrogen-bond donors (Lipinski definition) is 7. The molecule has 2 heterocycles. The third-order valence-corrected chi connectivity index (χ3v) is 15.9. The molecule has 8 rings (SSSR count). The molecule has 2 saturated heterocycles. The number of rotatable bonds is 15. The number of nitrogens with one attached hydrogen (secondary N) is 1. The summed E-state index contributed by atoms with van der Waals surface area (Å²) in [6, 6.07) is 22.2. The first-order valence-electron chi connectivity index (χ1n) is 25.0. The molecule has 77 heavy (non-hydrogen) atoms. The van der Waals surface area contributed by atoms with Crippen molar-refractivity contribution in [2.75, 3.05) is 19.8 Å². The molecule has 2 saturated carbocycles. The second-order valence-electron chi connectivity index (χ2n) is 20.8. The molecule has 16 atom stereocenters. The summed E-state index contributed by atoms with van der Waals surface area (Å²) in [4.78, 5) is 99.9. The van der Waals surface area contributed by atoms with Crippen LogP contribution in [0, 0.1) is 16.7 Å². The molecular formula is C55H63NO21. The molecule has 3 aromatic rings. The highest BCUT2D eigenvalue weighted by molar-refractivity contribution is 5.96. The Morgan fingerprint density at radius 2 is 1.40 bits per heavy atom. The van der Waals surface area contributed by atoms with Gasteiger partial charge in [0.1, 0.15) is 61.0 Å². The number of carbonyl (C=O) groups is 7. The lowest BCUT2D eigenvalue weighted by Crippen LogP contribution is -2.82. The summed E-state index contributed by atoms with van der Waals surface area (Å²) in [5.74, 6) is -8.96. The van der Waals surface area contributed by atoms with Crippen LogP contribution in [-0.2, 0) is 61.9 Å². The molecule has 5 aliphatic rings. The summed E-state index contributed by atoms with van der Waals surface area (Å²) in [6.45, 7) is 5.51. The van der Waals surface area contributed by atoms with E-state index in [4.69, 9.17) is 37.9 Å². The zero-order valence-corrected chi connectivity index (χ0v) is 43.0. The second kappa shape index (κ2) is 22.1. The number of ether oxygens (including phenoxy) is 8. The smallest absolute Gasteiger partial charge is 0.338 e. The highest BCUT2D eigenvalue weighted by Crippen LogP contribution is 2.65. The van der Waals surface area contributed by atoms with Crippen molar-refractivity contribution in [2.45, 2.75) is 139 Å². The maximum absolute atomic E-state index is 16.3. The summed E-state index contributed by atoms with van der Waals surface area (Å²) < 4.78 is 47.8. The highest BCUT2D eigenvalue weighted by Gasteiger charge is 2.79. The van der Waals surface area contributed by atoms with Crippen molar-refractivity contribution in [1.82, 2.24) is 5.32 Å². The summed E-state index contributed by atoms with van der Waals surface area (Å²) in [5, 5.41) is 69.7. The van der Waals surface area contributed by atoms with E-state index in [0.717, 1.165) is 13.8 Å². The van der Waals surface area contributed by atoms with Crippen molar-refractivity contribution in [3.63, 3.8) is 0 Å². The third-order valence-electron chi connectivity index (χ3n) is 15.9. The van der Waals surface area contributed by atoms with Crippen molar-refractivity contribution < 1.29 is 102 Å². The van der Waals surface area contributed by atoms with Crippen molar-refractivity contribution in [3.8, 4) is 0 Å². The molecule has 22 heteroatoms. The maximum atomic E-state index is 16.3. The number of aliphatic hydroxyl groups excluding tert-OH is 5. The van der Waals surface area contributed by atoms with Gasteiger partial charge in [-0.3, -0.25) is 19.2 Å². The average Bonchev–Trinajstić information content (AvgIpc) is 3.56. The van der Waals surface area contributed by atoms with Crippen molar-refractivity contribution in [3.05, 3.63) is 119 Å². The minimum atomic E-state index is -2.58. The van der Waals surface area contributed by atoms with Gasteiger partial charge in [0.2, 0.25) is 0 Å². The molecule has 2 bridgehead atoms. The normalized spacial score (nSPS) is 33.9. The predicted molar refractivity (Wildman–Crippen MR) is 261 cm³/mol. The van der Waals surface area contributed by atoms with E-state index in [-0.39, 0.29) is 22.3 Å². The molecular weight excluding hydrogens is 1010 g/mol. The molecule has 3 aromatic carbocycles. The molecule has 0 spiro atoms. The Hall–Kier alpha value is -6.47. The number of aliphatic hydroxyl groups is 6. The largest absolute Gasteiger partial charge is 0.459 e. The summed E-state index contributed by atoms with van der Waals surface area (Å²) in [5.41, 5.74) is -8.35. The van der Waals surface area contributed by atoms with Crippen LogP contribution in [0.4, 0.5) is 0 Å². The lowest BCUT2D eigenvalue weighted by molar-refractivity contribution is -0.347. The first-order chi connectivity index (χ1) is 36.4. The first kappa shape index (κ1) is 56.7. The number of esters is 5. The Morgan fingerprint density at radius 1 is 0.792 bits per heavy atom. The van der Waals surface area contributed by atoms with Gasteiger partial charge in [0, 0.05) is 37.7 Å². The standard InChI is InChI=1S/C55H63NO21/c1-27-33(73-50(68)41(62)39(30-16-10-7-11-17-30)56-48(66)31-18-12-8-13-19-31)23-55(69)47(76-49(67)32-20-14-9-15-21-32)45-53(6,46(65)44(72-28(2)58)38(27)52(55,4)5)35(22-36-54(45,26-71-36)77-29(3)59)75-37(60)25-70-51-43(64)42(63)40(61)34(24-57)74-51/h7-21,33-36,39-45,47,51,57,61-64,69H,22-26H2,1-6H3,(H,56,66)/t33-,34+,35-,36+,39-,40+,41+,42-,43+,44+,45-,47-,51-,53+,54-,55+/m0/s1. The number of Topliss-reactive ketones (excluding diaryl/α,β-unsaturated/α-hetero) is 1. The van der Waals surface area contributed by atoms with Crippen LogP contribution < -0.4 is 5.32 Å². The highest BCUT2D eigenvalue weighted by atomic mass is 16.7. The minimum absolute atomic E-state index is 0.0350. The fraction of sp³-hybridized carbons (Fsp3) is 0.509. The average molecular weight is 1070 g/mol. The monoisotopic (exact) mass is 1070 g/mol. The quantitative estimate of drug-likeness (QED) is 0.0637.